The highest BCUT2D eigenvalue weighted by Gasteiger charge is 2.18. The molecule has 0 saturated heterocycles. The Morgan fingerprint density at radius 3 is 1.96 bits per heavy atom. The Labute approximate surface area is 137 Å². The van der Waals surface area contributed by atoms with Crippen molar-refractivity contribution in [3.8, 4) is 0 Å². The molecule has 0 amide bonds. The Bertz CT molecular complexity index is 375. The van der Waals surface area contributed by atoms with Gasteiger partial charge < -0.3 is 24.4 Å². The number of carbonyl (C=O) groups excluding carboxylic acids is 2. The molecule has 0 saturated carbocycles. The van der Waals surface area contributed by atoms with Gasteiger partial charge in [-0.1, -0.05) is 26.5 Å². The summed E-state index contributed by atoms with van der Waals surface area (Å²) in [7, 11) is 0. The third-order valence-corrected chi connectivity index (χ3v) is 2.19. The fourth-order valence-corrected chi connectivity index (χ4v) is 0.962. The van der Waals surface area contributed by atoms with E-state index in [-0.39, 0.29) is 31.0 Å². The second-order valence-electron chi connectivity index (χ2n) is 4.67. The zero-order valence-electron chi connectivity index (χ0n) is 14.2. The normalized spacial score (nSPS) is 10.8. The Kier molecular flexibility index (Phi) is 15.6. The monoisotopic (exact) mass is 332 g/mol. The van der Waals surface area contributed by atoms with Crippen molar-refractivity contribution in [3.63, 3.8) is 0 Å². The molecule has 0 rings (SSSR count). The number of esters is 2. The van der Waals surface area contributed by atoms with Crippen molar-refractivity contribution in [1.82, 2.24) is 0 Å². The predicted octanol–water partition coefficient (Wildman–Crippen LogP) is 1.34. The summed E-state index contributed by atoms with van der Waals surface area (Å²) in [5.41, 5.74) is 0.536. The van der Waals surface area contributed by atoms with Crippen LogP contribution in [0, 0.1) is 0 Å². The number of hydrogen-bond donors (Lipinski definition) is 2. The Balaban J connectivity index is 0. The van der Waals surface area contributed by atoms with Crippen LogP contribution < -0.4 is 0 Å². The topological polar surface area (TPSA) is 102 Å². The summed E-state index contributed by atoms with van der Waals surface area (Å²) in [6.07, 6.45) is 0.862. The van der Waals surface area contributed by atoms with Crippen LogP contribution in [0.1, 0.15) is 33.6 Å². The number of hydrogen-bond acceptors (Lipinski definition) is 7. The van der Waals surface area contributed by atoms with Gasteiger partial charge in [-0.15, -0.1) is 0 Å². The van der Waals surface area contributed by atoms with Crippen LogP contribution in [0.5, 0.6) is 0 Å². The molecule has 0 aliphatic rings. The number of unbranched alkanes of at least 4 members (excludes halogenated alkanes) is 1. The van der Waals surface area contributed by atoms with Crippen molar-refractivity contribution in [2.45, 2.75) is 39.9 Å². The zero-order valence-corrected chi connectivity index (χ0v) is 14.2. The van der Waals surface area contributed by atoms with Crippen LogP contribution in [0.4, 0.5) is 0 Å². The van der Waals surface area contributed by atoms with Crippen molar-refractivity contribution in [2.75, 3.05) is 26.4 Å². The van der Waals surface area contributed by atoms with E-state index in [1.807, 2.05) is 6.92 Å². The third-order valence-electron chi connectivity index (χ3n) is 2.19. The SMILES string of the molecule is C=C(C)C(=O)OCC(OCCCC)OC(=O)C(=C)C.OCCO. The van der Waals surface area contributed by atoms with Crippen LogP contribution in [-0.2, 0) is 23.8 Å². The lowest BCUT2D eigenvalue weighted by molar-refractivity contribution is -0.190. The molecule has 0 aliphatic carbocycles. The van der Waals surface area contributed by atoms with E-state index in [1.165, 1.54) is 13.8 Å². The van der Waals surface area contributed by atoms with Gasteiger partial charge in [-0.2, -0.15) is 0 Å². The molecule has 0 aliphatic heterocycles. The van der Waals surface area contributed by atoms with E-state index in [1.54, 1.807) is 0 Å². The van der Waals surface area contributed by atoms with Crippen LogP contribution in [0.3, 0.4) is 0 Å². The summed E-state index contributed by atoms with van der Waals surface area (Å²) in [6, 6.07) is 0. The standard InChI is InChI=1S/C14H22O5.C2H6O2/c1-6-7-8-17-12(19-14(16)11(4)5)9-18-13(15)10(2)3;3-1-2-4/h12H,2,4,6-9H2,1,3,5H3;3-4H,1-2H2. The van der Waals surface area contributed by atoms with Gasteiger partial charge in [0.1, 0.15) is 0 Å². The van der Waals surface area contributed by atoms with Gasteiger partial charge in [0.05, 0.1) is 19.8 Å². The molecule has 7 heteroatoms. The number of rotatable bonds is 10. The number of aliphatic hydroxyl groups excluding tert-OH is 2. The highest BCUT2D eigenvalue weighted by Crippen LogP contribution is 2.04. The first kappa shape index (κ1) is 23.6. The average molecular weight is 332 g/mol. The molecule has 0 fully saturated rings. The van der Waals surface area contributed by atoms with Crippen LogP contribution in [-0.4, -0.2) is 54.9 Å². The summed E-state index contributed by atoms with van der Waals surface area (Å²) >= 11 is 0. The molecule has 1 unspecified atom stereocenters. The number of aliphatic hydroxyl groups is 2. The highest BCUT2D eigenvalue weighted by molar-refractivity contribution is 5.87. The Hall–Kier alpha value is -1.70. The Morgan fingerprint density at radius 2 is 1.57 bits per heavy atom. The molecule has 0 aromatic carbocycles. The van der Waals surface area contributed by atoms with E-state index in [0.29, 0.717) is 6.61 Å². The van der Waals surface area contributed by atoms with Crippen molar-refractivity contribution in [2.24, 2.45) is 0 Å². The maximum atomic E-state index is 11.4. The summed E-state index contributed by atoms with van der Waals surface area (Å²) < 4.78 is 15.3. The molecule has 134 valence electrons. The minimum Gasteiger partial charge on any atom is -0.456 e. The second kappa shape index (κ2) is 15.2. The smallest absolute Gasteiger partial charge is 0.335 e. The van der Waals surface area contributed by atoms with Gasteiger partial charge in [-0.05, 0) is 20.3 Å². The van der Waals surface area contributed by atoms with E-state index >= 15 is 0 Å². The summed E-state index contributed by atoms with van der Waals surface area (Å²) in [5, 5.41) is 15.2. The second-order valence-corrected chi connectivity index (χ2v) is 4.67. The first-order chi connectivity index (χ1) is 10.8. The lowest BCUT2D eigenvalue weighted by Gasteiger charge is -2.18. The van der Waals surface area contributed by atoms with Gasteiger partial charge in [0.15, 0.2) is 6.61 Å². The molecule has 23 heavy (non-hydrogen) atoms. The van der Waals surface area contributed by atoms with E-state index in [4.69, 9.17) is 24.4 Å². The first-order valence-corrected chi connectivity index (χ1v) is 7.32. The van der Waals surface area contributed by atoms with Crippen molar-refractivity contribution in [3.05, 3.63) is 24.3 Å². The summed E-state index contributed by atoms with van der Waals surface area (Å²) in [6.45, 7) is 12.0. The lowest BCUT2D eigenvalue weighted by Crippen LogP contribution is -2.28. The number of ether oxygens (including phenoxy) is 3. The maximum absolute atomic E-state index is 11.4. The molecule has 0 radical (unpaired) electrons. The fraction of sp³-hybridized carbons (Fsp3) is 0.625. The molecule has 1 atom stereocenters. The average Bonchev–Trinajstić information content (AvgIpc) is 2.52. The molecular formula is C16H28O7. The molecule has 0 aromatic rings. The van der Waals surface area contributed by atoms with Gasteiger partial charge in [0.25, 0.3) is 0 Å². The van der Waals surface area contributed by atoms with E-state index < -0.39 is 18.2 Å². The molecule has 0 spiro atoms. The molecular weight excluding hydrogens is 304 g/mol. The molecule has 0 aromatic heterocycles. The zero-order chi connectivity index (χ0) is 18.3. The largest absolute Gasteiger partial charge is 0.456 e. The maximum Gasteiger partial charge on any atom is 0.335 e. The number of carbonyl (C=O) groups is 2. The van der Waals surface area contributed by atoms with E-state index in [0.717, 1.165) is 12.8 Å². The summed E-state index contributed by atoms with van der Waals surface area (Å²) in [4.78, 5) is 22.7. The van der Waals surface area contributed by atoms with Gasteiger partial charge in [-0.3, -0.25) is 0 Å². The minimum absolute atomic E-state index is 0.125. The minimum atomic E-state index is -0.918. The van der Waals surface area contributed by atoms with Crippen LogP contribution in [0.25, 0.3) is 0 Å². The predicted molar refractivity (Wildman–Crippen MR) is 85.5 cm³/mol. The van der Waals surface area contributed by atoms with Crippen LogP contribution >= 0.6 is 0 Å². The van der Waals surface area contributed by atoms with E-state index in [2.05, 4.69) is 13.2 Å². The van der Waals surface area contributed by atoms with Gasteiger partial charge >= 0.3 is 11.9 Å². The van der Waals surface area contributed by atoms with Crippen LogP contribution in [0.2, 0.25) is 0 Å². The first-order valence-electron chi connectivity index (χ1n) is 7.32. The fourth-order valence-electron chi connectivity index (χ4n) is 0.962. The van der Waals surface area contributed by atoms with Gasteiger partial charge in [-0.25, -0.2) is 9.59 Å². The van der Waals surface area contributed by atoms with Crippen molar-refractivity contribution in [1.29, 1.82) is 0 Å². The lowest BCUT2D eigenvalue weighted by atomic mass is 10.3. The molecule has 0 heterocycles. The quantitative estimate of drug-likeness (QED) is 0.269. The highest BCUT2D eigenvalue weighted by atomic mass is 16.7. The Morgan fingerprint density at radius 1 is 1.04 bits per heavy atom. The third kappa shape index (κ3) is 15.0. The van der Waals surface area contributed by atoms with Gasteiger partial charge in [0.2, 0.25) is 6.29 Å². The van der Waals surface area contributed by atoms with Crippen LogP contribution in [0.15, 0.2) is 24.3 Å². The molecule has 7 nitrogen and oxygen atoms in total. The van der Waals surface area contributed by atoms with Crippen molar-refractivity contribution >= 4 is 11.9 Å². The summed E-state index contributed by atoms with van der Waals surface area (Å²) in [5.74, 6) is -1.12. The molecule has 2 N–H and O–H groups in total. The van der Waals surface area contributed by atoms with E-state index in [9.17, 15) is 9.59 Å². The van der Waals surface area contributed by atoms with Crippen molar-refractivity contribution < 1.29 is 34.0 Å². The molecule has 0 bridgehead atoms. The van der Waals surface area contributed by atoms with Gasteiger partial charge in [0, 0.05) is 11.1 Å².